The third kappa shape index (κ3) is 2.82. The van der Waals surface area contributed by atoms with Gasteiger partial charge in [0.25, 0.3) is 5.91 Å². The highest BCUT2D eigenvalue weighted by Crippen LogP contribution is 2.21. The third-order valence-corrected chi connectivity index (χ3v) is 4.31. The molecule has 0 atom stereocenters. The number of benzene rings is 1. The topological polar surface area (TPSA) is 73.2 Å². The maximum atomic E-state index is 12.3. The molecular weight excluding hydrogens is 318 g/mol. The number of carbonyl (C=O) groups excluding carboxylic acids is 1. The van der Waals surface area contributed by atoms with E-state index in [2.05, 4.69) is 40.2 Å². The van der Waals surface area contributed by atoms with Gasteiger partial charge in [0, 0.05) is 36.3 Å². The number of amides is 1. The highest BCUT2D eigenvalue weighted by Gasteiger charge is 2.15. The van der Waals surface area contributed by atoms with Gasteiger partial charge in [-0.1, -0.05) is 11.2 Å². The molecule has 1 N–H and O–H groups in total. The van der Waals surface area contributed by atoms with Gasteiger partial charge in [-0.2, -0.15) is 0 Å². The fourth-order valence-electron chi connectivity index (χ4n) is 2.84. The first kappa shape index (κ1) is 15.3. The molecule has 0 fully saturated rings. The van der Waals surface area contributed by atoms with Crippen LogP contribution < -0.4 is 5.32 Å². The molecule has 1 aromatic carbocycles. The Kier molecular flexibility index (Phi) is 3.65. The van der Waals surface area contributed by atoms with E-state index in [0.717, 1.165) is 10.9 Å². The second-order valence-electron chi connectivity index (χ2n) is 5.97. The van der Waals surface area contributed by atoms with Crippen LogP contribution in [0.2, 0.25) is 0 Å². The van der Waals surface area contributed by atoms with Gasteiger partial charge in [0.15, 0.2) is 11.5 Å². The van der Waals surface area contributed by atoms with E-state index >= 15 is 0 Å². The van der Waals surface area contributed by atoms with E-state index in [1.165, 1.54) is 11.2 Å². The largest absolute Gasteiger partial charge is 0.461 e. The molecule has 25 heavy (non-hydrogen) atoms. The van der Waals surface area contributed by atoms with Crippen LogP contribution in [0, 0.1) is 6.92 Å². The van der Waals surface area contributed by atoms with Crippen LogP contribution in [0.1, 0.15) is 21.7 Å². The molecule has 0 aliphatic rings. The van der Waals surface area contributed by atoms with E-state index in [9.17, 15) is 4.79 Å². The molecule has 3 heterocycles. The van der Waals surface area contributed by atoms with Crippen molar-refractivity contribution < 1.29 is 13.7 Å². The molecule has 126 valence electrons. The molecule has 0 aliphatic carbocycles. The zero-order valence-electron chi connectivity index (χ0n) is 13.9. The van der Waals surface area contributed by atoms with Crippen molar-refractivity contribution in [1.82, 2.24) is 15.0 Å². The van der Waals surface area contributed by atoms with Gasteiger partial charge in [-0.3, -0.25) is 4.79 Å². The number of aryl methyl sites for hydroxylation is 2. The van der Waals surface area contributed by atoms with Crippen molar-refractivity contribution in [2.75, 3.05) is 0 Å². The van der Waals surface area contributed by atoms with Crippen molar-refractivity contribution in [1.29, 1.82) is 0 Å². The van der Waals surface area contributed by atoms with Crippen LogP contribution in [0.25, 0.3) is 22.4 Å². The van der Waals surface area contributed by atoms with E-state index in [0.29, 0.717) is 18.1 Å². The molecule has 4 aromatic rings. The number of fused-ring (bicyclic) bond motifs is 1. The van der Waals surface area contributed by atoms with Crippen LogP contribution >= 0.6 is 0 Å². The maximum absolute atomic E-state index is 12.3. The zero-order valence-corrected chi connectivity index (χ0v) is 13.9. The number of furan rings is 1. The Morgan fingerprint density at radius 1 is 1.20 bits per heavy atom. The molecule has 0 aliphatic heterocycles. The number of hydrogen-bond acceptors (Lipinski definition) is 4. The third-order valence-electron chi connectivity index (χ3n) is 4.31. The second-order valence-corrected chi connectivity index (χ2v) is 5.97. The molecule has 3 aromatic heterocycles. The summed E-state index contributed by atoms with van der Waals surface area (Å²) in [6.45, 7) is 2.49. The summed E-state index contributed by atoms with van der Waals surface area (Å²) in [5.74, 6) is 0.679. The number of nitrogens with one attached hydrogen (secondary N) is 1. The molecule has 6 nitrogen and oxygen atoms in total. The highest BCUT2D eigenvalue weighted by molar-refractivity contribution is 5.93. The van der Waals surface area contributed by atoms with Crippen LogP contribution in [0.3, 0.4) is 0 Å². The molecule has 0 saturated heterocycles. The van der Waals surface area contributed by atoms with Crippen molar-refractivity contribution >= 4 is 16.8 Å². The minimum absolute atomic E-state index is 0.225. The van der Waals surface area contributed by atoms with Gasteiger partial charge >= 0.3 is 0 Å². The van der Waals surface area contributed by atoms with E-state index in [-0.39, 0.29) is 11.6 Å². The zero-order chi connectivity index (χ0) is 17.4. The molecule has 0 spiro atoms. The first-order valence-corrected chi connectivity index (χ1v) is 7.95. The minimum Gasteiger partial charge on any atom is -0.461 e. The fourth-order valence-corrected chi connectivity index (χ4v) is 2.84. The summed E-state index contributed by atoms with van der Waals surface area (Å²) in [4.78, 5) is 12.3. The van der Waals surface area contributed by atoms with Gasteiger partial charge in [0.1, 0.15) is 0 Å². The van der Waals surface area contributed by atoms with Crippen molar-refractivity contribution in [3.63, 3.8) is 0 Å². The monoisotopic (exact) mass is 335 g/mol. The summed E-state index contributed by atoms with van der Waals surface area (Å²) in [6.07, 6.45) is 1.54. The Labute approximate surface area is 144 Å². The Morgan fingerprint density at radius 3 is 2.88 bits per heavy atom. The summed E-state index contributed by atoms with van der Waals surface area (Å²) in [7, 11) is 2.04. The highest BCUT2D eigenvalue weighted by atomic mass is 16.5. The standard InChI is InChI=1S/C19H17N3O3/c1-12-8-14-9-13(5-6-16(14)22(12)2)11-20-19(23)15-10-18(25-21-15)17-4-3-7-24-17/h3-10H,11H2,1-2H3,(H,20,23). The molecule has 0 unspecified atom stereocenters. The van der Waals surface area contributed by atoms with Gasteiger partial charge in [-0.25, -0.2) is 0 Å². The number of carbonyl (C=O) groups is 1. The van der Waals surface area contributed by atoms with Crippen LogP contribution in [0.5, 0.6) is 0 Å². The predicted molar refractivity (Wildman–Crippen MR) is 93.0 cm³/mol. The first-order valence-electron chi connectivity index (χ1n) is 7.95. The number of nitrogens with zero attached hydrogens (tertiary/aromatic N) is 2. The predicted octanol–water partition coefficient (Wildman–Crippen LogP) is 3.66. The summed E-state index contributed by atoms with van der Waals surface area (Å²) in [6, 6.07) is 13.4. The average Bonchev–Trinajstić information content (AvgIpc) is 3.33. The maximum Gasteiger partial charge on any atom is 0.273 e. The normalized spacial score (nSPS) is 11.1. The van der Waals surface area contributed by atoms with Gasteiger partial charge in [-0.15, -0.1) is 0 Å². The molecule has 0 radical (unpaired) electrons. The van der Waals surface area contributed by atoms with Gasteiger partial charge in [0.05, 0.1) is 6.26 Å². The van der Waals surface area contributed by atoms with Crippen LogP contribution in [0.4, 0.5) is 0 Å². The summed E-state index contributed by atoms with van der Waals surface area (Å²) >= 11 is 0. The van der Waals surface area contributed by atoms with Crippen LogP contribution in [0.15, 0.2) is 57.7 Å². The number of rotatable bonds is 4. The fraction of sp³-hybridized carbons (Fsp3) is 0.158. The van der Waals surface area contributed by atoms with Crippen LogP contribution in [-0.4, -0.2) is 15.6 Å². The van der Waals surface area contributed by atoms with Gasteiger partial charge in [-0.05, 0) is 42.8 Å². The van der Waals surface area contributed by atoms with E-state index in [1.807, 2.05) is 13.1 Å². The second kappa shape index (κ2) is 5.98. The molecule has 1 amide bonds. The van der Waals surface area contributed by atoms with E-state index in [4.69, 9.17) is 8.94 Å². The molecular formula is C19H17N3O3. The number of hydrogen-bond donors (Lipinski definition) is 1. The Morgan fingerprint density at radius 2 is 2.08 bits per heavy atom. The van der Waals surface area contributed by atoms with E-state index < -0.39 is 0 Å². The van der Waals surface area contributed by atoms with Crippen molar-refractivity contribution in [3.05, 3.63) is 65.7 Å². The SMILES string of the molecule is Cc1cc2cc(CNC(=O)c3cc(-c4ccco4)on3)ccc2n1C. The number of aromatic nitrogens is 2. The quantitative estimate of drug-likeness (QED) is 0.617. The van der Waals surface area contributed by atoms with Crippen molar-refractivity contribution in [3.8, 4) is 11.5 Å². The van der Waals surface area contributed by atoms with Crippen molar-refractivity contribution in [2.45, 2.75) is 13.5 Å². The summed E-state index contributed by atoms with van der Waals surface area (Å²) in [5.41, 5.74) is 3.63. The van der Waals surface area contributed by atoms with Crippen molar-refractivity contribution in [2.24, 2.45) is 7.05 Å². The van der Waals surface area contributed by atoms with Gasteiger partial charge in [0.2, 0.25) is 5.76 Å². The smallest absolute Gasteiger partial charge is 0.273 e. The molecule has 4 rings (SSSR count). The Bertz CT molecular complexity index is 1040. The summed E-state index contributed by atoms with van der Waals surface area (Å²) in [5, 5.41) is 7.82. The lowest BCUT2D eigenvalue weighted by atomic mass is 10.1. The van der Waals surface area contributed by atoms with Crippen LogP contribution in [-0.2, 0) is 13.6 Å². The minimum atomic E-state index is -0.286. The van der Waals surface area contributed by atoms with Gasteiger partial charge < -0.3 is 18.8 Å². The Balaban J connectivity index is 1.47. The molecule has 6 heteroatoms. The molecule has 0 saturated carbocycles. The lowest BCUT2D eigenvalue weighted by Gasteiger charge is -2.04. The summed E-state index contributed by atoms with van der Waals surface area (Å²) < 4.78 is 12.5. The lowest BCUT2D eigenvalue weighted by molar-refractivity contribution is 0.0942. The Hall–Kier alpha value is -3.28. The lowest BCUT2D eigenvalue weighted by Crippen LogP contribution is -2.23. The molecule has 0 bridgehead atoms. The average molecular weight is 335 g/mol. The van der Waals surface area contributed by atoms with E-state index in [1.54, 1.807) is 24.5 Å². The first-order chi connectivity index (χ1) is 12.1.